The minimum Gasteiger partial charge on any atom is -0.380 e. The molecule has 0 saturated carbocycles. The molecule has 1 nitrogen and oxygen atoms in total. The van der Waals surface area contributed by atoms with Crippen LogP contribution in [0.5, 0.6) is 0 Å². The number of hydrogen-bond donors (Lipinski definition) is 1. The first kappa shape index (κ1) is 11.5. The van der Waals surface area contributed by atoms with Gasteiger partial charge in [0.2, 0.25) is 0 Å². The van der Waals surface area contributed by atoms with E-state index in [1.54, 1.807) is 0 Å². The fraction of sp³-hybridized carbons (Fsp3) is 0.500. The normalized spacial score (nSPS) is 37.6. The van der Waals surface area contributed by atoms with E-state index in [0.717, 1.165) is 17.6 Å². The van der Waals surface area contributed by atoms with Crippen LogP contribution < -0.4 is 0 Å². The van der Waals surface area contributed by atoms with Crippen LogP contribution in [-0.2, 0) is 0 Å². The molecule has 0 aliphatic heterocycles. The minimum atomic E-state index is -1.08. The van der Waals surface area contributed by atoms with Gasteiger partial charge >= 0.3 is 0 Å². The average molecular weight is 213 g/mol. The summed E-state index contributed by atoms with van der Waals surface area (Å²) >= 11 is 6.26. The van der Waals surface area contributed by atoms with E-state index in [1.807, 2.05) is 19.9 Å². The Kier molecular flexibility index (Phi) is 3.23. The molecule has 0 heterocycles. The van der Waals surface area contributed by atoms with E-state index in [4.69, 9.17) is 11.6 Å². The van der Waals surface area contributed by atoms with Gasteiger partial charge in [-0.1, -0.05) is 30.9 Å². The Bertz CT molecular complexity index is 293. The lowest BCUT2D eigenvalue weighted by Gasteiger charge is -2.39. The highest BCUT2D eigenvalue weighted by Crippen LogP contribution is 2.40. The first-order valence-corrected chi connectivity index (χ1v) is 5.19. The van der Waals surface area contributed by atoms with Crippen LogP contribution in [0.15, 0.2) is 36.5 Å². The maximum Gasteiger partial charge on any atom is 0.120 e. The predicted octanol–water partition coefficient (Wildman–Crippen LogP) is 3.05. The van der Waals surface area contributed by atoms with Crippen LogP contribution in [-0.4, -0.2) is 16.1 Å². The van der Waals surface area contributed by atoms with Gasteiger partial charge in [-0.3, -0.25) is 0 Å². The quantitative estimate of drug-likeness (QED) is 0.551. The van der Waals surface area contributed by atoms with Crippen molar-refractivity contribution >= 4 is 11.6 Å². The second-order valence-electron chi connectivity index (χ2n) is 4.01. The Hall–Kier alpha value is -0.530. The lowest BCUT2D eigenvalue weighted by Crippen LogP contribution is -2.45. The van der Waals surface area contributed by atoms with Crippen molar-refractivity contribution in [2.24, 2.45) is 5.92 Å². The molecule has 1 rings (SSSR count). The van der Waals surface area contributed by atoms with Gasteiger partial charge in [0.05, 0.1) is 5.38 Å². The van der Waals surface area contributed by atoms with Gasteiger partial charge in [0, 0.05) is 5.92 Å². The lowest BCUT2D eigenvalue weighted by molar-refractivity contribution is 0.102. The third-order valence-corrected chi connectivity index (χ3v) is 3.66. The molecule has 0 radical (unpaired) electrons. The second-order valence-corrected chi connectivity index (χ2v) is 4.48. The number of allylic oxidation sites excluding steroid dienone is 2. The van der Waals surface area contributed by atoms with Crippen LogP contribution in [0.4, 0.5) is 0 Å². The van der Waals surface area contributed by atoms with Gasteiger partial charge in [0.25, 0.3) is 0 Å². The van der Waals surface area contributed by atoms with E-state index < -0.39 is 5.60 Å². The topological polar surface area (TPSA) is 20.2 Å². The lowest BCUT2D eigenvalue weighted by atomic mass is 9.75. The molecule has 1 aliphatic carbocycles. The highest BCUT2D eigenvalue weighted by molar-refractivity contribution is 6.22. The Morgan fingerprint density at radius 1 is 1.79 bits per heavy atom. The second kappa shape index (κ2) is 3.92. The molecule has 1 N–H and O–H groups in total. The first-order valence-electron chi connectivity index (χ1n) is 4.76. The fourth-order valence-corrected chi connectivity index (χ4v) is 2.41. The summed E-state index contributed by atoms with van der Waals surface area (Å²) in [5.74, 6) is 0.128. The minimum absolute atomic E-state index is 0.128. The van der Waals surface area contributed by atoms with Crippen molar-refractivity contribution in [1.82, 2.24) is 0 Å². The average Bonchev–Trinajstić information content (AvgIpc) is 2.14. The number of alkyl halides is 1. The van der Waals surface area contributed by atoms with Gasteiger partial charge in [-0.25, -0.2) is 0 Å². The number of hydrogen-bond acceptors (Lipinski definition) is 1. The van der Waals surface area contributed by atoms with Crippen LogP contribution in [0.2, 0.25) is 0 Å². The van der Waals surface area contributed by atoms with E-state index in [9.17, 15) is 5.11 Å². The summed E-state index contributed by atoms with van der Waals surface area (Å²) in [6, 6.07) is 0. The summed E-state index contributed by atoms with van der Waals surface area (Å²) in [6.45, 7) is 11.4. The Morgan fingerprint density at radius 2 is 2.36 bits per heavy atom. The molecule has 0 saturated heterocycles. The van der Waals surface area contributed by atoms with E-state index in [-0.39, 0.29) is 11.3 Å². The molecule has 3 atom stereocenters. The van der Waals surface area contributed by atoms with E-state index >= 15 is 0 Å². The van der Waals surface area contributed by atoms with Crippen LogP contribution in [0, 0.1) is 5.92 Å². The van der Waals surface area contributed by atoms with Crippen molar-refractivity contribution in [3.05, 3.63) is 36.5 Å². The zero-order chi connectivity index (χ0) is 10.9. The third-order valence-electron chi connectivity index (χ3n) is 3.03. The van der Waals surface area contributed by atoms with Crippen LogP contribution in [0.25, 0.3) is 0 Å². The summed E-state index contributed by atoms with van der Waals surface area (Å²) in [5, 5.41) is 9.92. The summed E-state index contributed by atoms with van der Waals surface area (Å²) in [4.78, 5) is 0. The standard InChI is InChI=1S/C12H17ClO/c1-5-12(14)9(4)6-7-10(8(2)3)11(12)13/h5-6,10-11,14H,1-2,7H2,3-4H3/t10-,11+,12-/m1/s1. The van der Waals surface area contributed by atoms with Crippen LogP contribution in [0.1, 0.15) is 20.3 Å². The molecular formula is C12H17ClO. The summed E-state index contributed by atoms with van der Waals surface area (Å²) in [7, 11) is 0. The van der Waals surface area contributed by atoms with Crippen LogP contribution in [0.3, 0.4) is 0 Å². The van der Waals surface area contributed by atoms with Gasteiger partial charge in [0.15, 0.2) is 0 Å². The maximum atomic E-state index is 10.3. The molecule has 2 heteroatoms. The van der Waals surface area contributed by atoms with E-state index in [1.165, 1.54) is 6.08 Å². The molecular weight excluding hydrogens is 196 g/mol. The molecule has 0 aromatic rings. The van der Waals surface area contributed by atoms with Crippen molar-refractivity contribution in [2.75, 3.05) is 0 Å². The first-order chi connectivity index (χ1) is 6.43. The Labute approximate surface area is 90.8 Å². The summed E-state index contributed by atoms with van der Waals surface area (Å²) < 4.78 is 0. The van der Waals surface area contributed by atoms with Gasteiger partial charge in [-0.15, -0.1) is 11.6 Å². The molecule has 0 aromatic carbocycles. The largest absolute Gasteiger partial charge is 0.380 e. The Balaban J connectivity index is 3.08. The van der Waals surface area contributed by atoms with Crippen molar-refractivity contribution < 1.29 is 5.11 Å². The monoisotopic (exact) mass is 212 g/mol. The molecule has 0 amide bonds. The summed E-state index contributed by atoms with van der Waals surface area (Å²) in [5.41, 5.74) is 0.808. The fourth-order valence-electron chi connectivity index (χ4n) is 1.84. The predicted molar refractivity (Wildman–Crippen MR) is 61.5 cm³/mol. The van der Waals surface area contributed by atoms with Crippen molar-refractivity contribution in [3.8, 4) is 0 Å². The van der Waals surface area contributed by atoms with Crippen molar-refractivity contribution in [2.45, 2.75) is 31.2 Å². The number of aliphatic hydroxyl groups is 1. The molecule has 78 valence electrons. The van der Waals surface area contributed by atoms with Crippen LogP contribution >= 0.6 is 11.6 Å². The zero-order valence-electron chi connectivity index (χ0n) is 8.76. The molecule has 0 fully saturated rings. The van der Waals surface area contributed by atoms with Gasteiger partial charge in [-0.05, 0) is 25.8 Å². The zero-order valence-corrected chi connectivity index (χ0v) is 9.51. The van der Waals surface area contributed by atoms with Crippen molar-refractivity contribution in [3.63, 3.8) is 0 Å². The highest BCUT2D eigenvalue weighted by Gasteiger charge is 2.41. The van der Waals surface area contributed by atoms with E-state index in [2.05, 4.69) is 13.2 Å². The van der Waals surface area contributed by atoms with Crippen molar-refractivity contribution in [1.29, 1.82) is 0 Å². The van der Waals surface area contributed by atoms with Gasteiger partial charge in [0.1, 0.15) is 5.60 Å². The molecule has 0 aromatic heterocycles. The summed E-state index contributed by atoms with van der Waals surface area (Å²) in [6.07, 6.45) is 4.39. The molecule has 0 spiro atoms. The smallest absolute Gasteiger partial charge is 0.120 e. The number of rotatable bonds is 2. The van der Waals surface area contributed by atoms with Gasteiger partial charge in [-0.2, -0.15) is 0 Å². The number of halogens is 1. The molecule has 0 bridgehead atoms. The third kappa shape index (κ3) is 1.67. The Morgan fingerprint density at radius 3 is 2.79 bits per heavy atom. The maximum absolute atomic E-state index is 10.3. The highest BCUT2D eigenvalue weighted by atomic mass is 35.5. The van der Waals surface area contributed by atoms with Gasteiger partial charge < -0.3 is 5.11 Å². The molecule has 14 heavy (non-hydrogen) atoms. The van der Waals surface area contributed by atoms with E-state index in [0.29, 0.717) is 0 Å². The SMILES string of the molecule is C=C[C@@]1(O)C(C)=CC[C@H](C(=C)C)[C@@H]1Cl. The molecule has 0 unspecified atom stereocenters. The molecule has 1 aliphatic rings.